The van der Waals surface area contributed by atoms with Crippen LogP contribution < -0.4 is 5.32 Å². The Balaban J connectivity index is 2.05. The van der Waals surface area contributed by atoms with E-state index in [1.165, 1.54) is 0 Å². The second-order valence-corrected chi connectivity index (χ2v) is 5.57. The molecule has 122 valence electrons. The molecule has 0 radical (unpaired) electrons. The lowest BCUT2D eigenvalue weighted by atomic mass is 10.0. The Labute approximate surface area is 131 Å². The van der Waals surface area contributed by atoms with Gasteiger partial charge in [0.1, 0.15) is 5.69 Å². The van der Waals surface area contributed by atoms with Crippen molar-refractivity contribution >= 4 is 17.6 Å². The van der Waals surface area contributed by atoms with Gasteiger partial charge in [-0.1, -0.05) is 13.3 Å². The van der Waals surface area contributed by atoms with Crippen LogP contribution in [-0.2, 0) is 16.6 Å². The molecule has 2 heterocycles. The fraction of sp³-hybridized carbons (Fsp3) is 0.625. The lowest BCUT2D eigenvalue weighted by molar-refractivity contribution is -0.122. The topological polar surface area (TPSA) is 63.6 Å². The van der Waals surface area contributed by atoms with Crippen LogP contribution in [0.5, 0.6) is 0 Å². The van der Waals surface area contributed by atoms with Gasteiger partial charge >= 0.3 is 5.97 Å². The van der Waals surface area contributed by atoms with E-state index < -0.39 is 0 Å². The zero-order chi connectivity index (χ0) is 16.1. The molecule has 1 aliphatic rings. The molecule has 1 aromatic rings. The van der Waals surface area contributed by atoms with Gasteiger partial charge in [-0.05, 0) is 38.9 Å². The molecule has 1 amide bonds. The number of aryl methyl sites for hydroxylation is 1. The molecule has 1 aromatic heterocycles. The van der Waals surface area contributed by atoms with E-state index in [0.717, 1.165) is 32.4 Å². The van der Waals surface area contributed by atoms with Crippen LogP contribution in [0, 0.1) is 0 Å². The number of aromatic nitrogens is 1. The van der Waals surface area contributed by atoms with Crippen LogP contribution >= 0.6 is 0 Å². The fourth-order valence-corrected chi connectivity index (χ4v) is 2.93. The molecule has 0 aliphatic carbocycles. The van der Waals surface area contributed by atoms with E-state index in [1.54, 1.807) is 30.8 Å². The summed E-state index contributed by atoms with van der Waals surface area (Å²) in [4.78, 5) is 26.5. The standard InChI is InChI=1S/C16H25N3O3/c1-4-19-9-7-6-8-13(19)15(20)17-12-10-14(18(3)11-12)16(21)22-5-2/h10-11,13H,4-9H2,1-3H3,(H,17,20)/t13-/m0/s1. The van der Waals surface area contributed by atoms with Crippen molar-refractivity contribution in [3.05, 3.63) is 18.0 Å². The van der Waals surface area contributed by atoms with Gasteiger partial charge in [-0.15, -0.1) is 0 Å². The number of likely N-dealkylation sites (tertiary alicyclic amines) is 1. The number of nitrogens with one attached hydrogen (secondary N) is 1. The Morgan fingerprint density at radius 2 is 2.14 bits per heavy atom. The smallest absolute Gasteiger partial charge is 0.355 e. The second-order valence-electron chi connectivity index (χ2n) is 5.57. The number of carbonyl (C=O) groups excluding carboxylic acids is 2. The molecule has 22 heavy (non-hydrogen) atoms. The molecule has 0 bridgehead atoms. The summed E-state index contributed by atoms with van der Waals surface area (Å²) in [5.41, 5.74) is 1.07. The zero-order valence-electron chi connectivity index (χ0n) is 13.6. The number of piperidine rings is 1. The van der Waals surface area contributed by atoms with E-state index in [2.05, 4.69) is 17.1 Å². The zero-order valence-corrected chi connectivity index (χ0v) is 13.6. The molecule has 6 nitrogen and oxygen atoms in total. The van der Waals surface area contributed by atoms with Gasteiger partial charge in [0.2, 0.25) is 5.91 Å². The van der Waals surface area contributed by atoms with Gasteiger partial charge < -0.3 is 14.6 Å². The molecular weight excluding hydrogens is 282 g/mol. The van der Waals surface area contributed by atoms with Crippen LogP contribution in [0.4, 0.5) is 5.69 Å². The molecule has 1 N–H and O–H groups in total. The van der Waals surface area contributed by atoms with Crippen LogP contribution in [0.15, 0.2) is 12.3 Å². The number of ether oxygens (including phenoxy) is 1. The first-order chi connectivity index (χ1) is 10.6. The van der Waals surface area contributed by atoms with E-state index in [0.29, 0.717) is 18.0 Å². The van der Waals surface area contributed by atoms with Gasteiger partial charge in [-0.3, -0.25) is 9.69 Å². The largest absolute Gasteiger partial charge is 0.461 e. The molecule has 0 spiro atoms. The van der Waals surface area contributed by atoms with Crippen LogP contribution in [-0.4, -0.2) is 47.1 Å². The van der Waals surface area contributed by atoms with Crippen molar-refractivity contribution in [1.82, 2.24) is 9.47 Å². The summed E-state index contributed by atoms with van der Waals surface area (Å²) < 4.78 is 6.67. The van der Waals surface area contributed by atoms with Gasteiger partial charge in [0.25, 0.3) is 0 Å². The monoisotopic (exact) mass is 307 g/mol. The number of likely N-dealkylation sites (N-methyl/N-ethyl adjacent to an activating group) is 1. The molecule has 6 heteroatoms. The highest BCUT2D eigenvalue weighted by Crippen LogP contribution is 2.20. The fourth-order valence-electron chi connectivity index (χ4n) is 2.93. The molecule has 1 fully saturated rings. The van der Waals surface area contributed by atoms with Crippen LogP contribution in [0.3, 0.4) is 0 Å². The number of carbonyl (C=O) groups is 2. The van der Waals surface area contributed by atoms with E-state index in [1.807, 2.05) is 0 Å². The SMILES string of the molecule is CCOC(=O)c1cc(NC(=O)[C@@H]2CCCCN2CC)cn1C. The molecular formula is C16H25N3O3. The summed E-state index contributed by atoms with van der Waals surface area (Å²) in [7, 11) is 1.76. The first kappa shape index (κ1) is 16.5. The van der Waals surface area contributed by atoms with Crippen molar-refractivity contribution in [1.29, 1.82) is 0 Å². The Morgan fingerprint density at radius 1 is 1.36 bits per heavy atom. The maximum Gasteiger partial charge on any atom is 0.355 e. The number of amides is 1. The number of esters is 1. The predicted octanol–water partition coefficient (Wildman–Crippen LogP) is 2.01. The lowest BCUT2D eigenvalue weighted by Crippen LogP contribution is -2.46. The molecule has 0 saturated carbocycles. The molecule has 1 aliphatic heterocycles. The van der Waals surface area contributed by atoms with Crippen molar-refractivity contribution in [2.75, 3.05) is 25.0 Å². The Kier molecular flexibility index (Phi) is 5.60. The summed E-state index contributed by atoms with van der Waals surface area (Å²) in [5, 5.41) is 2.92. The number of rotatable bonds is 5. The van der Waals surface area contributed by atoms with E-state index in [-0.39, 0.29) is 17.9 Å². The minimum atomic E-state index is -0.377. The second kappa shape index (κ2) is 7.45. The highest BCUT2D eigenvalue weighted by atomic mass is 16.5. The maximum atomic E-state index is 12.5. The van der Waals surface area contributed by atoms with Crippen molar-refractivity contribution in [2.45, 2.75) is 39.2 Å². The average Bonchev–Trinajstić information content (AvgIpc) is 2.88. The van der Waals surface area contributed by atoms with E-state index in [9.17, 15) is 9.59 Å². The number of hydrogen-bond donors (Lipinski definition) is 1. The maximum absolute atomic E-state index is 12.5. The molecule has 0 unspecified atom stereocenters. The highest BCUT2D eigenvalue weighted by Gasteiger charge is 2.27. The Morgan fingerprint density at radius 3 is 2.82 bits per heavy atom. The minimum Gasteiger partial charge on any atom is -0.461 e. The van der Waals surface area contributed by atoms with Crippen molar-refractivity contribution in [3.63, 3.8) is 0 Å². The van der Waals surface area contributed by atoms with Crippen molar-refractivity contribution < 1.29 is 14.3 Å². The van der Waals surface area contributed by atoms with Crippen LogP contribution in [0.1, 0.15) is 43.6 Å². The number of nitrogens with zero attached hydrogens (tertiary/aromatic N) is 2. The minimum absolute atomic E-state index is 0.00237. The summed E-state index contributed by atoms with van der Waals surface area (Å²) >= 11 is 0. The van der Waals surface area contributed by atoms with Crippen LogP contribution in [0.2, 0.25) is 0 Å². The summed E-state index contributed by atoms with van der Waals surface area (Å²) in [6.45, 7) is 6.02. The number of anilines is 1. The van der Waals surface area contributed by atoms with Gasteiger partial charge in [0.15, 0.2) is 0 Å². The van der Waals surface area contributed by atoms with Crippen molar-refractivity contribution in [3.8, 4) is 0 Å². The first-order valence-corrected chi connectivity index (χ1v) is 7.95. The quantitative estimate of drug-likeness (QED) is 0.845. The number of hydrogen-bond acceptors (Lipinski definition) is 4. The lowest BCUT2D eigenvalue weighted by Gasteiger charge is -2.33. The van der Waals surface area contributed by atoms with Gasteiger partial charge in [-0.25, -0.2) is 4.79 Å². The van der Waals surface area contributed by atoms with Gasteiger partial charge in [0.05, 0.1) is 18.3 Å². The van der Waals surface area contributed by atoms with Crippen molar-refractivity contribution in [2.24, 2.45) is 7.05 Å². The summed E-state index contributed by atoms with van der Waals surface area (Å²) in [6, 6.07) is 1.58. The Hall–Kier alpha value is -1.82. The summed E-state index contributed by atoms with van der Waals surface area (Å²) in [6.07, 6.45) is 4.86. The van der Waals surface area contributed by atoms with Gasteiger partial charge in [0, 0.05) is 13.2 Å². The summed E-state index contributed by atoms with van der Waals surface area (Å²) in [5.74, 6) is -0.374. The normalized spacial score (nSPS) is 19.0. The average molecular weight is 307 g/mol. The third-order valence-corrected chi connectivity index (χ3v) is 4.08. The van der Waals surface area contributed by atoms with Gasteiger partial charge in [-0.2, -0.15) is 0 Å². The molecule has 2 rings (SSSR count). The van der Waals surface area contributed by atoms with E-state index in [4.69, 9.17) is 4.74 Å². The third-order valence-electron chi connectivity index (χ3n) is 4.08. The third kappa shape index (κ3) is 3.68. The highest BCUT2D eigenvalue weighted by molar-refractivity contribution is 5.96. The Bertz CT molecular complexity index is 539. The molecule has 1 saturated heterocycles. The molecule has 0 aromatic carbocycles. The first-order valence-electron chi connectivity index (χ1n) is 7.95. The van der Waals surface area contributed by atoms with Crippen LogP contribution in [0.25, 0.3) is 0 Å². The van der Waals surface area contributed by atoms with E-state index >= 15 is 0 Å². The predicted molar refractivity (Wildman–Crippen MR) is 84.9 cm³/mol. The molecule has 1 atom stereocenters.